The second kappa shape index (κ2) is 7.98. The van der Waals surface area contributed by atoms with Gasteiger partial charge in [-0.25, -0.2) is 12.8 Å². The van der Waals surface area contributed by atoms with Crippen LogP contribution >= 0.6 is 0 Å². The van der Waals surface area contributed by atoms with Crippen LogP contribution in [0.4, 0.5) is 10.1 Å². The van der Waals surface area contributed by atoms with Gasteiger partial charge in [-0.15, -0.1) is 0 Å². The van der Waals surface area contributed by atoms with Gasteiger partial charge in [-0.3, -0.25) is 9.52 Å². The molecule has 0 unspecified atom stereocenters. The molecule has 0 aromatic heterocycles. The van der Waals surface area contributed by atoms with Crippen LogP contribution < -0.4 is 9.46 Å². The number of sulfonamides is 1. The maximum atomic E-state index is 13.5. The molecule has 0 bridgehead atoms. The van der Waals surface area contributed by atoms with Crippen LogP contribution in [0.15, 0.2) is 47.4 Å². The first-order valence-electron chi connectivity index (χ1n) is 7.40. The third-order valence-corrected chi connectivity index (χ3v) is 4.76. The largest absolute Gasteiger partial charge is 0.493 e. The zero-order valence-corrected chi connectivity index (χ0v) is 14.6. The molecule has 0 amide bonds. The Kier molecular flexibility index (Phi) is 5.97. The lowest BCUT2D eigenvalue weighted by molar-refractivity contribution is -0.141. The number of ether oxygens (including phenoxy) is 2. The number of rotatable bonds is 7. The molecule has 0 heterocycles. The first-order chi connectivity index (χ1) is 11.8. The van der Waals surface area contributed by atoms with Gasteiger partial charge in [0.2, 0.25) is 0 Å². The van der Waals surface area contributed by atoms with E-state index in [9.17, 15) is 17.6 Å². The van der Waals surface area contributed by atoms with Crippen molar-refractivity contribution >= 4 is 21.7 Å². The van der Waals surface area contributed by atoms with E-state index in [0.29, 0.717) is 11.3 Å². The number of hydrogen-bond acceptors (Lipinski definition) is 5. The number of carbonyl (C=O) groups excluding carboxylic acids is 1. The minimum atomic E-state index is -3.84. The highest BCUT2D eigenvalue weighted by Gasteiger charge is 2.15. The van der Waals surface area contributed by atoms with E-state index in [1.165, 1.54) is 43.5 Å². The van der Waals surface area contributed by atoms with Gasteiger partial charge >= 0.3 is 5.97 Å². The maximum Gasteiger partial charge on any atom is 0.308 e. The molecule has 0 spiro atoms. The van der Waals surface area contributed by atoms with Crippen LogP contribution in [0.2, 0.25) is 0 Å². The molecule has 0 aliphatic carbocycles. The lowest BCUT2D eigenvalue weighted by atomic mass is 10.2. The van der Waals surface area contributed by atoms with Gasteiger partial charge in [0.15, 0.2) is 0 Å². The molecule has 0 aliphatic rings. The lowest BCUT2D eigenvalue weighted by Crippen LogP contribution is -2.13. The Labute approximate surface area is 145 Å². The van der Waals surface area contributed by atoms with Crippen molar-refractivity contribution in [3.63, 3.8) is 0 Å². The fourth-order valence-electron chi connectivity index (χ4n) is 1.94. The van der Waals surface area contributed by atoms with E-state index in [-0.39, 0.29) is 23.6 Å². The molecule has 0 saturated heterocycles. The van der Waals surface area contributed by atoms with E-state index in [1.807, 2.05) is 0 Å². The number of carbonyl (C=O) groups is 1. The van der Waals surface area contributed by atoms with Crippen LogP contribution in [0.25, 0.3) is 0 Å². The van der Waals surface area contributed by atoms with Crippen LogP contribution in [-0.4, -0.2) is 28.1 Å². The summed E-state index contributed by atoms with van der Waals surface area (Å²) in [5.74, 6) is -0.465. The minimum absolute atomic E-state index is 0.00815. The summed E-state index contributed by atoms with van der Waals surface area (Å²) in [4.78, 5) is 11.0. The highest BCUT2D eigenvalue weighted by Crippen LogP contribution is 2.21. The Morgan fingerprint density at radius 2 is 1.84 bits per heavy atom. The van der Waals surface area contributed by atoms with E-state index in [1.54, 1.807) is 6.92 Å². The lowest BCUT2D eigenvalue weighted by Gasteiger charge is -2.10. The van der Waals surface area contributed by atoms with Crippen molar-refractivity contribution in [3.05, 3.63) is 53.8 Å². The standard InChI is InChI=1S/C17H18FNO5S/c1-12-3-4-13(11-16(12)18)19-25(21,22)15-7-5-14(6-8-15)24-10-9-17(20)23-2/h3-8,11,19H,9-10H2,1-2H3. The summed E-state index contributed by atoms with van der Waals surface area (Å²) in [6, 6.07) is 9.77. The first-order valence-corrected chi connectivity index (χ1v) is 8.89. The Morgan fingerprint density at radius 1 is 1.16 bits per heavy atom. The van der Waals surface area contributed by atoms with Crippen molar-refractivity contribution in [1.82, 2.24) is 0 Å². The molecule has 2 aromatic carbocycles. The summed E-state index contributed by atoms with van der Waals surface area (Å²) >= 11 is 0. The predicted molar refractivity (Wildman–Crippen MR) is 90.5 cm³/mol. The Balaban J connectivity index is 2.04. The number of methoxy groups -OCH3 is 1. The third-order valence-electron chi connectivity index (χ3n) is 3.36. The average Bonchev–Trinajstić information content (AvgIpc) is 2.58. The third kappa shape index (κ3) is 5.18. The van der Waals surface area contributed by atoms with Gasteiger partial charge in [0.05, 0.1) is 30.7 Å². The zero-order valence-electron chi connectivity index (χ0n) is 13.8. The van der Waals surface area contributed by atoms with E-state index < -0.39 is 21.8 Å². The Hall–Kier alpha value is -2.61. The van der Waals surface area contributed by atoms with Gasteiger partial charge < -0.3 is 9.47 Å². The van der Waals surface area contributed by atoms with Crippen molar-refractivity contribution in [2.24, 2.45) is 0 Å². The van der Waals surface area contributed by atoms with Gasteiger partial charge in [-0.05, 0) is 48.9 Å². The van der Waals surface area contributed by atoms with E-state index >= 15 is 0 Å². The highest BCUT2D eigenvalue weighted by atomic mass is 32.2. The number of anilines is 1. The Morgan fingerprint density at radius 3 is 2.44 bits per heavy atom. The van der Waals surface area contributed by atoms with Crippen LogP contribution in [0, 0.1) is 12.7 Å². The molecule has 25 heavy (non-hydrogen) atoms. The number of aryl methyl sites for hydroxylation is 1. The molecular weight excluding hydrogens is 349 g/mol. The van der Waals surface area contributed by atoms with Crippen LogP contribution in [0.5, 0.6) is 5.75 Å². The zero-order chi connectivity index (χ0) is 18.4. The van der Waals surface area contributed by atoms with E-state index in [0.717, 1.165) is 6.07 Å². The van der Waals surface area contributed by atoms with Crippen molar-refractivity contribution in [1.29, 1.82) is 0 Å². The SMILES string of the molecule is COC(=O)CCOc1ccc(S(=O)(=O)Nc2ccc(C)c(F)c2)cc1. The van der Waals surface area contributed by atoms with Gasteiger partial charge in [0.25, 0.3) is 10.0 Å². The molecular formula is C17H18FNO5S. The average molecular weight is 367 g/mol. The van der Waals surface area contributed by atoms with Crippen molar-refractivity contribution in [2.45, 2.75) is 18.2 Å². The van der Waals surface area contributed by atoms with Crippen LogP contribution in [-0.2, 0) is 19.6 Å². The summed E-state index contributed by atoms with van der Waals surface area (Å²) in [6.45, 7) is 1.71. The summed E-state index contributed by atoms with van der Waals surface area (Å²) in [5, 5.41) is 0. The molecule has 2 rings (SSSR count). The fraction of sp³-hybridized carbons (Fsp3) is 0.235. The smallest absolute Gasteiger partial charge is 0.308 e. The molecule has 0 radical (unpaired) electrons. The summed E-state index contributed by atoms with van der Waals surface area (Å²) in [6.07, 6.45) is 0.0943. The van der Waals surface area contributed by atoms with Gasteiger partial charge in [0.1, 0.15) is 11.6 Å². The van der Waals surface area contributed by atoms with Crippen molar-refractivity contribution in [2.75, 3.05) is 18.4 Å². The second-order valence-electron chi connectivity index (χ2n) is 5.22. The summed E-state index contributed by atoms with van der Waals surface area (Å²) < 4.78 is 50.3. The summed E-state index contributed by atoms with van der Waals surface area (Å²) in [5.41, 5.74) is 0.568. The molecule has 0 saturated carbocycles. The van der Waals surface area contributed by atoms with Gasteiger partial charge in [0, 0.05) is 0 Å². The normalized spacial score (nSPS) is 11.0. The molecule has 8 heteroatoms. The van der Waals surface area contributed by atoms with E-state index in [4.69, 9.17) is 4.74 Å². The van der Waals surface area contributed by atoms with Gasteiger partial charge in [-0.1, -0.05) is 6.07 Å². The molecule has 134 valence electrons. The number of hydrogen-bond donors (Lipinski definition) is 1. The monoisotopic (exact) mass is 367 g/mol. The van der Waals surface area contributed by atoms with Crippen molar-refractivity contribution < 1.29 is 27.1 Å². The first kappa shape index (κ1) is 18.7. The molecule has 6 nitrogen and oxygen atoms in total. The highest BCUT2D eigenvalue weighted by molar-refractivity contribution is 7.92. The number of benzene rings is 2. The van der Waals surface area contributed by atoms with Crippen LogP contribution in [0.3, 0.4) is 0 Å². The molecule has 0 aliphatic heterocycles. The van der Waals surface area contributed by atoms with Crippen LogP contribution in [0.1, 0.15) is 12.0 Å². The van der Waals surface area contributed by atoms with E-state index in [2.05, 4.69) is 9.46 Å². The molecule has 0 atom stereocenters. The molecule has 2 aromatic rings. The quantitative estimate of drug-likeness (QED) is 0.761. The molecule has 0 fully saturated rings. The molecule has 1 N–H and O–H groups in total. The Bertz CT molecular complexity index is 850. The number of nitrogens with one attached hydrogen (secondary N) is 1. The predicted octanol–water partition coefficient (Wildman–Crippen LogP) is 2.88. The van der Waals surface area contributed by atoms with Gasteiger partial charge in [-0.2, -0.15) is 0 Å². The van der Waals surface area contributed by atoms with Crippen molar-refractivity contribution in [3.8, 4) is 5.75 Å². The second-order valence-corrected chi connectivity index (χ2v) is 6.90. The number of halogens is 1. The minimum Gasteiger partial charge on any atom is -0.493 e. The number of esters is 1. The topological polar surface area (TPSA) is 81.7 Å². The summed E-state index contributed by atoms with van der Waals surface area (Å²) in [7, 11) is -2.56. The fourth-order valence-corrected chi connectivity index (χ4v) is 2.99. The maximum absolute atomic E-state index is 13.5.